The van der Waals surface area contributed by atoms with Gasteiger partial charge in [-0.1, -0.05) is 19.3 Å². The van der Waals surface area contributed by atoms with Gasteiger partial charge in [0.2, 0.25) is 5.91 Å². The first kappa shape index (κ1) is 24.4. The smallest absolute Gasteiger partial charge is 0.306 e. The number of likely N-dealkylation sites (tertiary alicyclic amines) is 1. The third-order valence-corrected chi connectivity index (χ3v) is 5.57. The van der Waals surface area contributed by atoms with Gasteiger partial charge in [0, 0.05) is 31.6 Å². The normalized spacial score (nSPS) is 20.0. The lowest BCUT2D eigenvalue weighted by Gasteiger charge is -2.26. The third-order valence-electron chi connectivity index (χ3n) is 5.57. The number of hydrogen-bond acceptors (Lipinski definition) is 5. The van der Waals surface area contributed by atoms with E-state index < -0.39 is 4.92 Å². The topological polar surface area (TPSA) is 118 Å². The summed E-state index contributed by atoms with van der Waals surface area (Å²) < 4.78 is 1.52. The predicted molar refractivity (Wildman–Crippen MR) is 125 cm³/mol. The number of nitrogens with one attached hydrogen (secondary N) is 2. The second-order valence-corrected chi connectivity index (χ2v) is 7.73. The zero-order chi connectivity index (χ0) is 20.6. The summed E-state index contributed by atoms with van der Waals surface area (Å²) >= 11 is 0. The van der Waals surface area contributed by atoms with Crippen molar-refractivity contribution in [2.75, 3.05) is 26.2 Å². The largest absolute Gasteiger partial charge is 0.357 e. The van der Waals surface area contributed by atoms with E-state index in [9.17, 15) is 14.9 Å². The van der Waals surface area contributed by atoms with Crippen molar-refractivity contribution >= 4 is 41.5 Å². The van der Waals surface area contributed by atoms with Crippen molar-refractivity contribution in [3.63, 3.8) is 0 Å². The third kappa shape index (κ3) is 6.81. The van der Waals surface area contributed by atoms with Gasteiger partial charge in [-0.25, -0.2) is 0 Å². The SMILES string of the molecule is CCNC(=NCCn1cc([N+](=O)[O-])cn1)NC1CCN(C(=O)C2CCCCC2)C1.I. The molecule has 2 fully saturated rings. The summed E-state index contributed by atoms with van der Waals surface area (Å²) in [6.45, 7) is 5.15. The Morgan fingerprint density at radius 3 is 2.77 bits per heavy atom. The molecule has 30 heavy (non-hydrogen) atoms. The van der Waals surface area contributed by atoms with E-state index in [-0.39, 0.29) is 41.6 Å². The van der Waals surface area contributed by atoms with Crippen molar-refractivity contribution in [1.29, 1.82) is 0 Å². The van der Waals surface area contributed by atoms with Crippen LogP contribution in [-0.2, 0) is 11.3 Å². The van der Waals surface area contributed by atoms with E-state index in [1.165, 1.54) is 36.3 Å². The van der Waals surface area contributed by atoms with Crippen LogP contribution in [0.1, 0.15) is 45.4 Å². The standard InChI is InChI=1S/C19H31N7O3.HI/c1-2-20-19(21-9-11-25-14-17(12-22-25)26(28)29)23-16-8-10-24(13-16)18(27)15-6-4-3-5-7-15;/h12,14-16H,2-11,13H2,1H3,(H2,20,21,23);1H. The second-order valence-electron chi connectivity index (χ2n) is 7.73. The molecule has 1 saturated heterocycles. The maximum atomic E-state index is 12.7. The van der Waals surface area contributed by atoms with Gasteiger partial charge in [0.15, 0.2) is 5.96 Å². The van der Waals surface area contributed by atoms with Gasteiger partial charge >= 0.3 is 5.69 Å². The number of nitrogens with zero attached hydrogens (tertiary/aromatic N) is 5. The molecular weight excluding hydrogens is 501 g/mol. The quantitative estimate of drug-likeness (QED) is 0.182. The highest BCUT2D eigenvalue weighted by molar-refractivity contribution is 14.0. The van der Waals surface area contributed by atoms with E-state index in [1.807, 2.05) is 11.8 Å². The van der Waals surface area contributed by atoms with Crippen molar-refractivity contribution in [2.24, 2.45) is 10.9 Å². The first-order valence-electron chi connectivity index (χ1n) is 10.6. The van der Waals surface area contributed by atoms with Crippen LogP contribution >= 0.6 is 24.0 Å². The lowest BCUT2D eigenvalue weighted by atomic mass is 9.88. The molecule has 0 radical (unpaired) electrons. The van der Waals surface area contributed by atoms with Gasteiger partial charge in [-0.15, -0.1) is 24.0 Å². The number of carbonyl (C=O) groups is 1. The van der Waals surface area contributed by atoms with Crippen LogP contribution in [0.25, 0.3) is 0 Å². The summed E-state index contributed by atoms with van der Waals surface area (Å²) in [5.74, 6) is 1.23. The number of nitro groups is 1. The minimum Gasteiger partial charge on any atom is -0.357 e. The first-order valence-corrected chi connectivity index (χ1v) is 10.6. The lowest BCUT2D eigenvalue weighted by Crippen LogP contribution is -2.45. The summed E-state index contributed by atoms with van der Waals surface area (Å²) in [6.07, 6.45) is 9.21. The summed E-state index contributed by atoms with van der Waals surface area (Å²) in [6, 6.07) is 0.186. The molecule has 0 aromatic carbocycles. The molecule has 1 aromatic rings. The molecule has 1 saturated carbocycles. The highest BCUT2D eigenvalue weighted by atomic mass is 127. The molecule has 0 spiro atoms. The van der Waals surface area contributed by atoms with Crippen LogP contribution in [0.15, 0.2) is 17.4 Å². The minimum atomic E-state index is -0.459. The molecule has 10 nitrogen and oxygen atoms in total. The minimum absolute atomic E-state index is 0. The average molecular weight is 533 g/mol. The Morgan fingerprint density at radius 2 is 2.10 bits per heavy atom. The zero-order valence-electron chi connectivity index (χ0n) is 17.5. The number of halogens is 1. The average Bonchev–Trinajstić information content (AvgIpc) is 3.38. The number of rotatable bonds is 7. The molecule has 1 aliphatic heterocycles. The van der Waals surface area contributed by atoms with E-state index in [1.54, 1.807) is 0 Å². The van der Waals surface area contributed by atoms with Crippen LogP contribution < -0.4 is 10.6 Å². The Kier molecular flexibility index (Phi) is 9.79. The Bertz CT molecular complexity index is 733. The fraction of sp³-hybridized carbons (Fsp3) is 0.737. The summed E-state index contributed by atoms with van der Waals surface area (Å²) in [5.41, 5.74) is -0.0207. The van der Waals surface area contributed by atoms with Gasteiger partial charge < -0.3 is 15.5 Å². The molecule has 1 unspecified atom stereocenters. The van der Waals surface area contributed by atoms with E-state index in [0.717, 1.165) is 32.4 Å². The highest BCUT2D eigenvalue weighted by Crippen LogP contribution is 2.26. The second kappa shape index (κ2) is 12.1. The van der Waals surface area contributed by atoms with Crippen LogP contribution in [0.3, 0.4) is 0 Å². The number of hydrogen-bond donors (Lipinski definition) is 2. The Morgan fingerprint density at radius 1 is 1.33 bits per heavy atom. The maximum absolute atomic E-state index is 12.7. The maximum Gasteiger partial charge on any atom is 0.306 e. The van der Waals surface area contributed by atoms with Gasteiger partial charge in [-0.3, -0.25) is 24.6 Å². The van der Waals surface area contributed by atoms with Crippen LogP contribution in [0.4, 0.5) is 5.69 Å². The Hall–Kier alpha value is -1.92. The fourth-order valence-electron chi connectivity index (χ4n) is 4.03. The van der Waals surface area contributed by atoms with Crippen LogP contribution in [0.5, 0.6) is 0 Å². The van der Waals surface area contributed by atoms with Crippen molar-refractivity contribution in [3.8, 4) is 0 Å². The van der Waals surface area contributed by atoms with Gasteiger partial charge in [0.1, 0.15) is 12.4 Å². The molecule has 11 heteroatoms. The summed E-state index contributed by atoms with van der Waals surface area (Å²) in [7, 11) is 0. The fourth-order valence-corrected chi connectivity index (χ4v) is 4.03. The molecule has 0 bridgehead atoms. The van der Waals surface area contributed by atoms with Crippen molar-refractivity contribution in [3.05, 3.63) is 22.5 Å². The number of carbonyl (C=O) groups excluding carboxylic acids is 1. The van der Waals surface area contributed by atoms with Crippen molar-refractivity contribution in [2.45, 2.75) is 58.0 Å². The van der Waals surface area contributed by atoms with E-state index in [2.05, 4.69) is 20.7 Å². The monoisotopic (exact) mass is 533 g/mol. The number of amides is 1. The van der Waals surface area contributed by atoms with Crippen molar-refractivity contribution < 1.29 is 9.72 Å². The molecule has 168 valence electrons. The predicted octanol–water partition coefficient (Wildman–Crippen LogP) is 2.15. The van der Waals surface area contributed by atoms with Gasteiger partial charge in [0.05, 0.1) is 18.0 Å². The summed E-state index contributed by atoms with van der Waals surface area (Å²) in [5, 5.41) is 21.4. The van der Waals surface area contributed by atoms with E-state index >= 15 is 0 Å². The summed E-state index contributed by atoms with van der Waals surface area (Å²) in [4.78, 5) is 29.5. The molecule has 2 heterocycles. The molecule has 2 N–H and O–H groups in total. The van der Waals surface area contributed by atoms with Gasteiger partial charge in [0.25, 0.3) is 0 Å². The number of aromatic nitrogens is 2. The Labute approximate surface area is 194 Å². The number of guanidine groups is 1. The molecule has 1 amide bonds. The highest BCUT2D eigenvalue weighted by Gasteiger charge is 2.31. The first-order chi connectivity index (χ1) is 14.1. The van der Waals surface area contributed by atoms with Gasteiger partial charge in [-0.05, 0) is 26.2 Å². The van der Waals surface area contributed by atoms with E-state index in [0.29, 0.717) is 31.5 Å². The molecule has 2 aliphatic rings. The van der Waals surface area contributed by atoms with Crippen LogP contribution in [-0.4, -0.2) is 63.7 Å². The molecular formula is C19H32IN7O3. The molecule has 3 rings (SSSR count). The zero-order valence-corrected chi connectivity index (χ0v) is 19.8. The Balaban J connectivity index is 0.00000320. The molecule has 1 aromatic heterocycles. The van der Waals surface area contributed by atoms with Crippen LogP contribution in [0.2, 0.25) is 0 Å². The van der Waals surface area contributed by atoms with Crippen LogP contribution in [0, 0.1) is 16.0 Å². The van der Waals surface area contributed by atoms with Crippen molar-refractivity contribution in [1.82, 2.24) is 25.3 Å². The molecule has 1 atom stereocenters. The molecule has 1 aliphatic carbocycles. The van der Waals surface area contributed by atoms with E-state index in [4.69, 9.17) is 0 Å². The lowest BCUT2D eigenvalue weighted by molar-refractivity contribution is -0.385. The van der Waals surface area contributed by atoms with Gasteiger partial charge in [-0.2, -0.15) is 5.10 Å². The number of aliphatic imine (C=N–C) groups is 1.